The lowest BCUT2D eigenvalue weighted by Crippen LogP contribution is -2.29. The van der Waals surface area contributed by atoms with E-state index in [0.717, 1.165) is 12.3 Å². The molecule has 0 saturated carbocycles. The van der Waals surface area contributed by atoms with E-state index < -0.39 is 17.9 Å². The van der Waals surface area contributed by atoms with Crippen LogP contribution in [0.15, 0.2) is 12.3 Å². The molecule has 1 heterocycles. The van der Waals surface area contributed by atoms with E-state index in [1.165, 1.54) is 0 Å². The molecular formula is C7H5Cl2F3N2. The van der Waals surface area contributed by atoms with Gasteiger partial charge in [-0.3, -0.25) is 4.98 Å². The molecule has 0 aliphatic rings. The Morgan fingerprint density at radius 2 is 1.93 bits per heavy atom. The quantitative estimate of drug-likeness (QED) is 0.825. The van der Waals surface area contributed by atoms with Crippen molar-refractivity contribution in [2.75, 3.05) is 0 Å². The van der Waals surface area contributed by atoms with Gasteiger partial charge in [-0.05, 0) is 6.07 Å². The van der Waals surface area contributed by atoms with Crippen LogP contribution in [0, 0.1) is 0 Å². The summed E-state index contributed by atoms with van der Waals surface area (Å²) >= 11 is 11.0. The maximum atomic E-state index is 12.2. The van der Waals surface area contributed by atoms with Crippen molar-refractivity contribution in [2.24, 2.45) is 5.73 Å². The summed E-state index contributed by atoms with van der Waals surface area (Å²) < 4.78 is 36.5. The monoisotopic (exact) mass is 244 g/mol. The summed E-state index contributed by atoms with van der Waals surface area (Å²) in [5, 5.41) is -0.0320. The molecule has 2 nitrogen and oxygen atoms in total. The van der Waals surface area contributed by atoms with Crippen LogP contribution in [-0.2, 0) is 0 Å². The van der Waals surface area contributed by atoms with Crippen LogP contribution in [-0.4, -0.2) is 11.2 Å². The molecule has 7 heteroatoms. The number of halogens is 5. The normalized spacial score (nSPS) is 14.1. The van der Waals surface area contributed by atoms with E-state index in [1.807, 2.05) is 0 Å². The van der Waals surface area contributed by atoms with E-state index >= 15 is 0 Å². The maximum absolute atomic E-state index is 12.2. The number of aromatic nitrogens is 1. The highest BCUT2D eigenvalue weighted by Crippen LogP contribution is 2.33. The molecule has 0 aliphatic heterocycles. The Kier molecular flexibility index (Phi) is 3.24. The minimum absolute atomic E-state index is 0.160. The Bertz CT molecular complexity index is 340. The van der Waals surface area contributed by atoms with Gasteiger partial charge < -0.3 is 5.73 Å². The minimum atomic E-state index is -4.57. The average molecular weight is 245 g/mol. The van der Waals surface area contributed by atoms with Crippen molar-refractivity contribution >= 4 is 23.2 Å². The Morgan fingerprint density at radius 3 is 2.36 bits per heavy atom. The highest BCUT2D eigenvalue weighted by Gasteiger charge is 2.39. The van der Waals surface area contributed by atoms with Crippen molar-refractivity contribution in [2.45, 2.75) is 12.2 Å². The summed E-state index contributed by atoms with van der Waals surface area (Å²) in [4.78, 5) is 3.44. The van der Waals surface area contributed by atoms with Gasteiger partial charge in [0.2, 0.25) is 0 Å². The Labute approximate surface area is 87.8 Å². The fourth-order valence-corrected chi connectivity index (χ4v) is 1.31. The van der Waals surface area contributed by atoms with Crippen molar-refractivity contribution < 1.29 is 13.2 Å². The zero-order chi connectivity index (χ0) is 10.9. The number of rotatable bonds is 1. The van der Waals surface area contributed by atoms with Crippen LogP contribution in [0.3, 0.4) is 0 Å². The zero-order valence-electron chi connectivity index (χ0n) is 6.65. The molecule has 1 aromatic rings. The Balaban J connectivity index is 3.08. The van der Waals surface area contributed by atoms with Gasteiger partial charge in [0.25, 0.3) is 0 Å². The Morgan fingerprint density at radius 1 is 1.36 bits per heavy atom. The smallest absolute Gasteiger partial charge is 0.315 e. The van der Waals surface area contributed by atoms with Gasteiger partial charge in [0.1, 0.15) is 6.04 Å². The van der Waals surface area contributed by atoms with Crippen molar-refractivity contribution in [1.29, 1.82) is 0 Å². The van der Waals surface area contributed by atoms with Gasteiger partial charge in [0.15, 0.2) is 0 Å². The second-order valence-electron chi connectivity index (χ2n) is 2.54. The first-order chi connectivity index (χ1) is 6.32. The predicted molar refractivity (Wildman–Crippen MR) is 47.2 cm³/mol. The Hall–Kier alpha value is -0.520. The lowest BCUT2D eigenvalue weighted by Gasteiger charge is -2.15. The number of alkyl halides is 3. The summed E-state index contributed by atoms with van der Waals surface area (Å²) in [6.07, 6.45) is -3.50. The topological polar surface area (TPSA) is 38.9 Å². The van der Waals surface area contributed by atoms with Gasteiger partial charge >= 0.3 is 6.18 Å². The molecular weight excluding hydrogens is 240 g/mol. The second kappa shape index (κ2) is 3.92. The van der Waals surface area contributed by atoms with Crippen LogP contribution in [0.1, 0.15) is 11.7 Å². The van der Waals surface area contributed by atoms with Crippen LogP contribution in [0.2, 0.25) is 10.0 Å². The lowest BCUT2D eigenvalue weighted by atomic mass is 10.2. The van der Waals surface area contributed by atoms with Crippen molar-refractivity contribution in [1.82, 2.24) is 4.98 Å². The van der Waals surface area contributed by atoms with Crippen LogP contribution in [0.4, 0.5) is 13.2 Å². The highest BCUT2D eigenvalue weighted by atomic mass is 35.5. The summed E-state index contributed by atoms with van der Waals surface area (Å²) in [7, 11) is 0. The standard InChI is InChI=1S/C7H5Cl2F3N2/c8-3-1-4(9)5(14-2-3)6(13)7(10,11)12/h1-2,6H,13H2/t6-/m0/s1. The van der Waals surface area contributed by atoms with Gasteiger partial charge in [-0.15, -0.1) is 0 Å². The molecule has 14 heavy (non-hydrogen) atoms. The third kappa shape index (κ3) is 2.50. The van der Waals surface area contributed by atoms with Crippen LogP contribution in [0.25, 0.3) is 0 Å². The largest absolute Gasteiger partial charge is 0.409 e. The third-order valence-corrected chi connectivity index (χ3v) is 1.99. The van der Waals surface area contributed by atoms with Gasteiger partial charge in [0.05, 0.1) is 15.7 Å². The predicted octanol–water partition coefficient (Wildman–Crippen LogP) is 2.95. The average Bonchev–Trinajstić information content (AvgIpc) is 2.01. The van der Waals surface area contributed by atoms with Crippen LogP contribution >= 0.6 is 23.2 Å². The van der Waals surface area contributed by atoms with Gasteiger partial charge in [-0.1, -0.05) is 23.2 Å². The summed E-state index contributed by atoms with van der Waals surface area (Å²) in [6.45, 7) is 0. The minimum Gasteiger partial charge on any atom is -0.315 e. The molecule has 0 saturated heterocycles. The molecule has 0 aliphatic carbocycles. The van der Waals surface area contributed by atoms with E-state index in [-0.39, 0.29) is 10.0 Å². The van der Waals surface area contributed by atoms with E-state index in [2.05, 4.69) is 4.98 Å². The molecule has 2 N–H and O–H groups in total. The molecule has 1 aromatic heterocycles. The second-order valence-corrected chi connectivity index (χ2v) is 3.38. The van der Waals surface area contributed by atoms with E-state index in [0.29, 0.717) is 0 Å². The first-order valence-electron chi connectivity index (χ1n) is 3.45. The molecule has 0 radical (unpaired) electrons. The van der Waals surface area contributed by atoms with Crippen LogP contribution in [0.5, 0.6) is 0 Å². The van der Waals surface area contributed by atoms with E-state index in [4.69, 9.17) is 28.9 Å². The van der Waals surface area contributed by atoms with Crippen molar-refractivity contribution in [3.05, 3.63) is 28.0 Å². The molecule has 0 fully saturated rings. The summed E-state index contributed by atoms with van der Waals surface area (Å²) in [5.74, 6) is 0. The molecule has 1 atom stereocenters. The number of hydrogen-bond donors (Lipinski definition) is 1. The molecule has 0 bridgehead atoms. The van der Waals surface area contributed by atoms with Crippen molar-refractivity contribution in [3.63, 3.8) is 0 Å². The molecule has 78 valence electrons. The van der Waals surface area contributed by atoms with E-state index in [1.54, 1.807) is 0 Å². The number of hydrogen-bond acceptors (Lipinski definition) is 2. The van der Waals surface area contributed by atoms with Crippen LogP contribution < -0.4 is 5.73 Å². The molecule has 0 aromatic carbocycles. The van der Waals surface area contributed by atoms with Gasteiger partial charge in [0, 0.05) is 6.20 Å². The van der Waals surface area contributed by atoms with E-state index in [9.17, 15) is 13.2 Å². The number of nitrogens with zero attached hydrogens (tertiary/aromatic N) is 1. The molecule has 0 unspecified atom stereocenters. The highest BCUT2D eigenvalue weighted by molar-refractivity contribution is 6.34. The fourth-order valence-electron chi connectivity index (χ4n) is 0.809. The molecule has 1 rings (SSSR count). The number of nitrogens with two attached hydrogens (primary N) is 1. The zero-order valence-corrected chi connectivity index (χ0v) is 8.16. The lowest BCUT2D eigenvalue weighted by molar-refractivity contribution is -0.149. The summed E-state index contributed by atoms with van der Waals surface area (Å²) in [6, 6.07) is -1.02. The van der Waals surface area contributed by atoms with Crippen molar-refractivity contribution in [3.8, 4) is 0 Å². The number of pyridine rings is 1. The maximum Gasteiger partial charge on any atom is 0.409 e. The SMILES string of the molecule is N[C@@H](c1ncc(Cl)cc1Cl)C(F)(F)F. The first-order valence-corrected chi connectivity index (χ1v) is 4.21. The third-order valence-electron chi connectivity index (χ3n) is 1.48. The molecule has 0 spiro atoms. The van der Waals surface area contributed by atoms with Gasteiger partial charge in [-0.25, -0.2) is 0 Å². The van der Waals surface area contributed by atoms with Gasteiger partial charge in [-0.2, -0.15) is 13.2 Å². The summed E-state index contributed by atoms with van der Waals surface area (Å²) in [5.41, 5.74) is 4.48. The fraction of sp³-hybridized carbons (Fsp3) is 0.286. The molecule has 0 amide bonds. The first kappa shape index (κ1) is 11.6.